The van der Waals surface area contributed by atoms with Crippen LogP contribution in [0.25, 0.3) is 22.3 Å². The molecule has 3 aromatic rings. The van der Waals surface area contributed by atoms with Gasteiger partial charge in [0.05, 0.1) is 0 Å². The van der Waals surface area contributed by atoms with Crippen LogP contribution < -0.4 is 0 Å². The van der Waals surface area contributed by atoms with E-state index in [2.05, 4.69) is 36.2 Å². The van der Waals surface area contributed by atoms with Crippen molar-refractivity contribution in [2.45, 2.75) is 13.8 Å². The average molecular weight is 294 g/mol. The van der Waals surface area contributed by atoms with E-state index in [9.17, 15) is 0 Å². The summed E-state index contributed by atoms with van der Waals surface area (Å²) in [5, 5.41) is 0.566. The van der Waals surface area contributed by atoms with Crippen LogP contribution in [0.15, 0.2) is 60.7 Å². The first-order valence-corrected chi connectivity index (χ1v) is 7.34. The Morgan fingerprint density at radius 3 is 1.71 bits per heavy atom. The average Bonchev–Trinajstić information content (AvgIpc) is 2.49. The summed E-state index contributed by atoms with van der Waals surface area (Å²) < 4.78 is 0. The van der Waals surface area contributed by atoms with E-state index in [1.807, 2.05) is 43.3 Å². The van der Waals surface area contributed by atoms with E-state index in [-0.39, 0.29) is 0 Å². The monoisotopic (exact) mass is 293 g/mol. The molecule has 21 heavy (non-hydrogen) atoms. The van der Waals surface area contributed by atoms with Gasteiger partial charge < -0.3 is 0 Å². The molecule has 0 aliphatic heterocycles. The molecular formula is C19H16ClN. The molecule has 1 aromatic heterocycles. The van der Waals surface area contributed by atoms with Gasteiger partial charge in [-0.3, -0.25) is 0 Å². The number of hydrogen-bond acceptors (Lipinski definition) is 1. The zero-order chi connectivity index (χ0) is 14.8. The third kappa shape index (κ3) is 2.57. The lowest BCUT2D eigenvalue weighted by molar-refractivity contribution is 1.18. The van der Waals surface area contributed by atoms with Gasteiger partial charge >= 0.3 is 0 Å². The van der Waals surface area contributed by atoms with E-state index in [1.165, 1.54) is 16.7 Å². The first-order chi connectivity index (χ1) is 10.2. The topological polar surface area (TPSA) is 12.9 Å². The molecule has 104 valence electrons. The normalized spacial score (nSPS) is 10.6. The van der Waals surface area contributed by atoms with E-state index in [0.29, 0.717) is 5.15 Å². The van der Waals surface area contributed by atoms with E-state index >= 15 is 0 Å². The molecule has 1 heterocycles. The molecule has 0 saturated heterocycles. The fraction of sp³-hybridized carbons (Fsp3) is 0.105. The number of aromatic nitrogens is 1. The van der Waals surface area contributed by atoms with Crippen LogP contribution in [-0.4, -0.2) is 4.98 Å². The molecular weight excluding hydrogens is 278 g/mol. The predicted molar refractivity (Wildman–Crippen MR) is 89.6 cm³/mol. The largest absolute Gasteiger partial charge is 0.240 e. The van der Waals surface area contributed by atoms with Gasteiger partial charge in [-0.1, -0.05) is 72.3 Å². The van der Waals surface area contributed by atoms with Gasteiger partial charge in [0.1, 0.15) is 5.15 Å². The molecule has 0 unspecified atom stereocenters. The summed E-state index contributed by atoms with van der Waals surface area (Å²) in [6.45, 7) is 4.13. The summed E-state index contributed by atoms with van der Waals surface area (Å²) in [7, 11) is 0. The van der Waals surface area contributed by atoms with Gasteiger partial charge in [-0.05, 0) is 30.5 Å². The van der Waals surface area contributed by atoms with Gasteiger partial charge in [0.25, 0.3) is 0 Å². The van der Waals surface area contributed by atoms with E-state index in [4.69, 9.17) is 11.6 Å². The number of pyridine rings is 1. The second-order valence-corrected chi connectivity index (χ2v) is 5.45. The lowest BCUT2D eigenvalue weighted by Gasteiger charge is -2.16. The summed E-state index contributed by atoms with van der Waals surface area (Å²) in [6.07, 6.45) is 0. The van der Waals surface area contributed by atoms with Crippen LogP contribution in [0.5, 0.6) is 0 Å². The SMILES string of the molecule is Cc1nc(Cl)c(-c2ccccc2)c(C)c1-c1ccccc1. The Labute approximate surface area is 130 Å². The minimum Gasteiger partial charge on any atom is -0.240 e. The zero-order valence-corrected chi connectivity index (χ0v) is 12.9. The molecule has 0 spiro atoms. The third-order valence-electron chi connectivity index (χ3n) is 3.71. The lowest BCUT2D eigenvalue weighted by atomic mass is 9.93. The molecule has 1 nitrogen and oxygen atoms in total. The molecule has 0 bridgehead atoms. The maximum atomic E-state index is 6.42. The predicted octanol–water partition coefficient (Wildman–Crippen LogP) is 5.69. The highest BCUT2D eigenvalue weighted by Crippen LogP contribution is 2.37. The first kappa shape index (κ1) is 13.8. The third-order valence-corrected chi connectivity index (χ3v) is 3.98. The van der Waals surface area contributed by atoms with Crippen LogP contribution >= 0.6 is 11.6 Å². The van der Waals surface area contributed by atoms with Crippen molar-refractivity contribution in [2.24, 2.45) is 0 Å². The number of nitrogens with zero attached hydrogens (tertiary/aromatic N) is 1. The van der Waals surface area contributed by atoms with Gasteiger partial charge in [-0.15, -0.1) is 0 Å². The molecule has 3 rings (SSSR count). The van der Waals surface area contributed by atoms with Crippen LogP contribution in [0.4, 0.5) is 0 Å². The Morgan fingerprint density at radius 1 is 0.714 bits per heavy atom. The molecule has 0 saturated carbocycles. The Hall–Kier alpha value is -2.12. The highest BCUT2D eigenvalue weighted by molar-refractivity contribution is 6.32. The highest BCUT2D eigenvalue weighted by Gasteiger charge is 2.16. The summed E-state index contributed by atoms with van der Waals surface area (Å²) in [5.74, 6) is 0. The minimum atomic E-state index is 0.566. The Morgan fingerprint density at radius 2 is 1.19 bits per heavy atom. The summed E-state index contributed by atoms with van der Waals surface area (Å²) in [6, 6.07) is 20.5. The van der Waals surface area contributed by atoms with Crippen LogP contribution in [0, 0.1) is 13.8 Å². The second-order valence-electron chi connectivity index (χ2n) is 5.10. The summed E-state index contributed by atoms with van der Waals surface area (Å²) in [5.41, 5.74) is 6.59. The second kappa shape index (κ2) is 5.71. The fourth-order valence-corrected chi connectivity index (χ4v) is 3.16. The van der Waals surface area contributed by atoms with Crippen molar-refractivity contribution in [2.75, 3.05) is 0 Å². The van der Waals surface area contributed by atoms with Gasteiger partial charge in [0.15, 0.2) is 0 Å². The summed E-state index contributed by atoms with van der Waals surface area (Å²) in [4.78, 5) is 4.55. The number of hydrogen-bond donors (Lipinski definition) is 0. The molecule has 2 aromatic carbocycles. The van der Waals surface area contributed by atoms with Crippen LogP contribution in [-0.2, 0) is 0 Å². The smallest absolute Gasteiger partial charge is 0.137 e. The van der Waals surface area contributed by atoms with E-state index < -0.39 is 0 Å². The zero-order valence-electron chi connectivity index (χ0n) is 12.1. The molecule has 0 fully saturated rings. The van der Waals surface area contributed by atoms with Crippen LogP contribution in [0.3, 0.4) is 0 Å². The number of halogens is 1. The number of benzene rings is 2. The van der Waals surface area contributed by atoms with Crippen molar-refractivity contribution in [3.8, 4) is 22.3 Å². The Kier molecular flexibility index (Phi) is 3.76. The van der Waals surface area contributed by atoms with Crippen molar-refractivity contribution in [3.63, 3.8) is 0 Å². The van der Waals surface area contributed by atoms with Crippen LogP contribution in [0.2, 0.25) is 5.15 Å². The number of rotatable bonds is 2. The Balaban J connectivity index is 2.29. The standard InChI is InChI=1S/C19H16ClN/c1-13-17(15-9-5-3-6-10-15)14(2)21-19(20)18(13)16-11-7-4-8-12-16/h3-12H,1-2H3. The molecule has 0 aliphatic rings. The van der Waals surface area contributed by atoms with Gasteiger partial charge in [-0.2, -0.15) is 0 Å². The lowest BCUT2D eigenvalue weighted by Crippen LogP contribution is -1.97. The number of aryl methyl sites for hydroxylation is 1. The molecule has 2 heteroatoms. The maximum absolute atomic E-state index is 6.42. The maximum Gasteiger partial charge on any atom is 0.137 e. The van der Waals surface area contributed by atoms with Crippen molar-refractivity contribution >= 4 is 11.6 Å². The molecule has 0 atom stereocenters. The van der Waals surface area contributed by atoms with Gasteiger partial charge in [0.2, 0.25) is 0 Å². The van der Waals surface area contributed by atoms with E-state index in [1.54, 1.807) is 0 Å². The first-order valence-electron chi connectivity index (χ1n) is 6.96. The van der Waals surface area contributed by atoms with Crippen molar-refractivity contribution in [3.05, 3.63) is 77.1 Å². The molecule has 0 N–H and O–H groups in total. The molecule has 0 amide bonds. The van der Waals surface area contributed by atoms with Crippen molar-refractivity contribution < 1.29 is 0 Å². The Bertz CT molecular complexity index is 701. The minimum absolute atomic E-state index is 0.566. The molecule has 0 radical (unpaired) electrons. The van der Waals surface area contributed by atoms with Crippen molar-refractivity contribution in [1.29, 1.82) is 0 Å². The summed E-state index contributed by atoms with van der Waals surface area (Å²) >= 11 is 6.42. The highest BCUT2D eigenvalue weighted by atomic mass is 35.5. The van der Waals surface area contributed by atoms with Crippen molar-refractivity contribution in [1.82, 2.24) is 4.98 Å². The van der Waals surface area contributed by atoms with Gasteiger partial charge in [-0.25, -0.2) is 4.98 Å². The quantitative estimate of drug-likeness (QED) is 0.553. The molecule has 0 aliphatic carbocycles. The van der Waals surface area contributed by atoms with Crippen LogP contribution in [0.1, 0.15) is 11.3 Å². The van der Waals surface area contributed by atoms with Gasteiger partial charge in [0, 0.05) is 16.8 Å². The van der Waals surface area contributed by atoms with E-state index in [0.717, 1.165) is 16.8 Å². The fourth-order valence-electron chi connectivity index (χ4n) is 2.78.